The van der Waals surface area contributed by atoms with Gasteiger partial charge in [-0.2, -0.15) is 5.10 Å². The fourth-order valence-electron chi connectivity index (χ4n) is 2.01. The average molecular weight is 209 g/mol. The smallest absolute Gasteiger partial charge is 0.0771 e. The van der Waals surface area contributed by atoms with Crippen LogP contribution in [0.25, 0.3) is 0 Å². The summed E-state index contributed by atoms with van der Waals surface area (Å²) in [6.45, 7) is 4.79. The number of hydrogen-bond donors (Lipinski definition) is 3. The van der Waals surface area contributed by atoms with Crippen molar-refractivity contribution in [2.45, 2.75) is 44.8 Å². The predicted molar refractivity (Wildman–Crippen MR) is 58.5 cm³/mol. The minimum atomic E-state index is -0.452. The van der Waals surface area contributed by atoms with Gasteiger partial charge >= 0.3 is 0 Å². The van der Waals surface area contributed by atoms with E-state index in [2.05, 4.69) is 22.4 Å². The zero-order chi connectivity index (χ0) is 10.9. The van der Waals surface area contributed by atoms with Gasteiger partial charge < -0.3 is 10.4 Å². The van der Waals surface area contributed by atoms with Gasteiger partial charge in [-0.3, -0.25) is 5.10 Å². The average Bonchev–Trinajstić information content (AvgIpc) is 2.58. The van der Waals surface area contributed by atoms with Crippen LogP contribution in [0.2, 0.25) is 0 Å². The molecule has 1 unspecified atom stereocenters. The number of nitrogens with zero attached hydrogens (tertiary/aromatic N) is 1. The second-order valence-corrected chi connectivity index (χ2v) is 4.63. The van der Waals surface area contributed by atoms with Crippen molar-refractivity contribution in [2.24, 2.45) is 0 Å². The first kappa shape index (κ1) is 10.6. The summed E-state index contributed by atoms with van der Waals surface area (Å²) in [5.74, 6) is 0. The van der Waals surface area contributed by atoms with Gasteiger partial charge in [0.2, 0.25) is 0 Å². The third kappa shape index (κ3) is 2.21. The Kier molecular flexibility index (Phi) is 2.80. The Balaban J connectivity index is 1.87. The van der Waals surface area contributed by atoms with Gasteiger partial charge in [-0.15, -0.1) is 0 Å². The normalized spacial score (nSPS) is 21.0. The minimum absolute atomic E-state index is 0.244. The molecule has 0 spiro atoms. The maximum atomic E-state index is 9.94. The van der Waals surface area contributed by atoms with E-state index in [1.807, 2.05) is 13.1 Å². The van der Waals surface area contributed by atoms with Gasteiger partial charge in [-0.1, -0.05) is 0 Å². The van der Waals surface area contributed by atoms with E-state index >= 15 is 0 Å². The Morgan fingerprint density at radius 2 is 2.40 bits per heavy atom. The predicted octanol–water partition coefficient (Wildman–Crippen LogP) is 1.28. The first-order valence-electron chi connectivity index (χ1n) is 5.56. The quantitative estimate of drug-likeness (QED) is 0.700. The second-order valence-electron chi connectivity index (χ2n) is 4.63. The van der Waals surface area contributed by atoms with E-state index in [4.69, 9.17) is 0 Å². The van der Waals surface area contributed by atoms with Gasteiger partial charge in [0.25, 0.3) is 0 Å². The number of hydrogen-bond acceptors (Lipinski definition) is 3. The van der Waals surface area contributed by atoms with E-state index in [0.29, 0.717) is 6.54 Å². The number of H-pyrrole nitrogens is 1. The summed E-state index contributed by atoms with van der Waals surface area (Å²) >= 11 is 0. The maximum absolute atomic E-state index is 9.94. The second kappa shape index (κ2) is 3.94. The Labute approximate surface area is 90.1 Å². The fraction of sp³-hybridized carbons (Fsp3) is 0.727. The summed E-state index contributed by atoms with van der Waals surface area (Å²) in [7, 11) is 0. The van der Waals surface area contributed by atoms with Crippen LogP contribution in [-0.4, -0.2) is 27.4 Å². The van der Waals surface area contributed by atoms with Crippen LogP contribution in [0.15, 0.2) is 6.20 Å². The number of rotatable bonds is 4. The van der Waals surface area contributed by atoms with Gasteiger partial charge in [-0.25, -0.2) is 0 Å². The highest BCUT2D eigenvalue weighted by atomic mass is 16.3. The van der Waals surface area contributed by atoms with Crippen molar-refractivity contribution < 1.29 is 5.11 Å². The summed E-state index contributed by atoms with van der Waals surface area (Å²) < 4.78 is 0. The van der Waals surface area contributed by atoms with E-state index in [1.165, 1.54) is 5.56 Å². The van der Waals surface area contributed by atoms with E-state index in [-0.39, 0.29) is 6.04 Å². The van der Waals surface area contributed by atoms with E-state index < -0.39 is 5.60 Å². The Hall–Kier alpha value is -0.870. The van der Waals surface area contributed by atoms with Crippen molar-refractivity contribution in [1.29, 1.82) is 0 Å². The molecular weight excluding hydrogens is 190 g/mol. The van der Waals surface area contributed by atoms with Gasteiger partial charge in [0.05, 0.1) is 11.8 Å². The van der Waals surface area contributed by atoms with Crippen LogP contribution in [0.5, 0.6) is 0 Å². The Bertz CT molecular complexity index is 330. The SMILES string of the molecule is Cc1[nH]ncc1C(C)NCC1(O)CCC1. The van der Waals surface area contributed by atoms with Crippen LogP contribution in [0.4, 0.5) is 0 Å². The highest BCUT2D eigenvalue weighted by Crippen LogP contribution is 2.31. The molecule has 0 radical (unpaired) electrons. The van der Waals surface area contributed by atoms with Crippen LogP contribution < -0.4 is 5.32 Å². The van der Waals surface area contributed by atoms with Crippen molar-refractivity contribution in [3.8, 4) is 0 Å². The molecular formula is C11H19N3O. The molecule has 0 aromatic carbocycles. The van der Waals surface area contributed by atoms with Crippen LogP contribution in [0.3, 0.4) is 0 Å². The lowest BCUT2D eigenvalue weighted by atomic mass is 9.80. The summed E-state index contributed by atoms with van der Waals surface area (Å²) in [4.78, 5) is 0. The first-order valence-corrected chi connectivity index (χ1v) is 5.56. The van der Waals surface area contributed by atoms with Gasteiger partial charge in [0.1, 0.15) is 0 Å². The lowest BCUT2D eigenvalue weighted by Gasteiger charge is -2.37. The van der Waals surface area contributed by atoms with Gasteiger partial charge in [0.15, 0.2) is 0 Å². The monoisotopic (exact) mass is 209 g/mol. The summed E-state index contributed by atoms with van der Waals surface area (Å²) in [5.41, 5.74) is 1.82. The minimum Gasteiger partial charge on any atom is -0.389 e. The highest BCUT2D eigenvalue weighted by molar-refractivity contribution is 5.18. The zero-order valence-corrected chi connectivity index (χ0v) is 9.38. The third-order valence-corrected chi connectivity index (χ3v) is 3.36. The molecule has 0 bridgehead atoms. The molecule has 4 nitrogen and oxygen atoms in total. The molecule has 15 heavy (non-hydrogen) atoms. The number of aryl methyl sites for hydroxylation is 1. The molecule has 4 heteroatoms. The molecule has 0 saturated heterocycles. The lowest BCUT2D eigenvalue weighted by Crippen LogP contribution is -2.46. The lowest BCUT2D eigenvalue weighted by molar-refractivity contribution is -0.0329. The summed E-state index contributed by atoms with van der Waals surface area (Å²) in [6, 6.07) is 0.244. The van der Waals surface area contributed by atoms with Gasteiger partial charge in [0, 0.05) is 23.8 Å². The number of aromatic nitrogens is 2. The number of nitrogens with one attached hydrogen (secondary N) is 2. The molecule has 3 N–H and O–H groups in total. The molecule has 1 aliphatic carbocycles. The molecule has 1 heterocycles. The van der Waals surface area contributed by atoms with Crippen molar-refractivity contribution in [2.75, 3.05) is 6.54 Å². The molecule has 1 aromatic rings. The van der Waals surface area contributed by atoms with Crippen molar-refractivity contribution in [3.05, 3.63) is 17.5 Å². The fourth-order valence-corrected chi connectivity index (χ4v) is 2.01. The van der Waals surface area contributed by atoms with Crippen LogP contribution in [0, 0.1) is 6.92 Å². The molecule has 84 valence electrons. The molecule has 1 atom stereocenters. The number of aromatic amines is 1. The number of aliphatic hydroxyl groups is 1. The largest absolute Gasteiger partial charge is 0.389 e. The Morgan fingerprint density at radius 1 is 1.67 bits per heavy atom. The van der Waals surface area contributed by atoms with E-state index in [0.717, 1.165) is 25.0 Å². The standard InChI is InChI=1S/C11H19N3O/c1-8(10-6-13-14-9(10)2)12-7-11(15)4-3-5-11/h6,8,12,15H,3-5,7H2,1-2H3,(H,13,14). The van der Waals surface area contributed by atoms with E-state index in [1.54, 1.807) is 0 Å². The van der Waals surface area contributed by atoms with Crippen molar-refractivity contribution in [3.63, 3.8) is 0 Å². The van der Waals surface area contributed by atoms with Crippen molar-refractivity contribution >= 4 is 0 Å². The van der Waals surface area contributed by atoms with Crippen LogP contribution >= 0.6 is 0 Å². The molecule has 2 rings (SSSR count). The highest BCUT2D eigenvalue weighted by Gasteiger charge is 2.34. The van der Waals surface area contributed by atoms with E-state index in [9.17, 15) is 5.11 Å². The molecule has 1 fully saturated rings. The Morgan fingerprint density at radius 3 is 2.87 bits per heavy atom. The topological polar surface area (TPSA) is 60.9 Å². The third-order valence-electron chi connectivity index (χ3n) is 3.36. The zero-order valence-electron chi connectivity index (χ0n) is 9.38. The van der Waals surface area contributed by atoms with Crippen LogP contribution in [0.1, 0.15) is 43.5 Å². The summed E-state index contributed by atoms with van der Waals surface area (Å²) in [5, 5.41) is 20.2. The van der Waals surface area contributed by atoms with Crippen molar-refractivity contribution in [1.82, 2.24) is 15.5 Å². The molecule has 1 aromatic heterocycles. The first-order chi connectivity index (χ1) is 7.11. The molecule has 1 aliphatic rings. The molecule has 0 aliphatic heterocycles. The molecule has 0 amide bonds. The molecule has 1 saturated carbocycles. The van der Waals surface area contributed by atoms with Gasteiger partial charge in [-0.05, 0) is 33.1 Å². The summed E-state index contributed by atoms with van der Waals surface area (Å²) in [6.07, 6.45) is 4.85. The maximum Gasteiger partial charge on any atom is 0.0771 e. The van der Waals surface area contributed by atoms with Crippen LogP contribution in [-0.2, 0) is 0 Å².